The molecule has 0 saturated heterocycles. The Morgan fingerprint density at radius 3 is 2.50 bits per heavy atom. The van der Waals surface area contributed by atoms with Gasteiger partial charge in [-0.05, 0) is 55.2 Å². The van der Waals surface area contributed by atoms with Crippen LogP contribution in [-0.4, -0.2) is 32.5 Å². The fourth-order valence-corrected chi connectivity index (χ4v) is 4.32. The van der Waals surface area contributed by atoms with Crippen molar-refractivity contribution in [2.75, 3.05) is 5.32 Å². The second-order valence-corrected chi connectivity index (χ2v) is 8.99. The Morgan fingerprint density at radius 1 is 1.06 bits per heavy atom. The summed E-state index contributed by atoms with van der Waals surface area (Å²) in [6, 6.07) is 17.2. The van der Waals surface area contributed by atoms with Crippen LogP contribution in [0.1, 0.15) is 42.8 Å². The van der Waals surface area contributed by atoms with Crippen molar-refractivity contribution in [2.45, 2.75) is 53.1 Å². The molecule has 2 amide bonds. The summed E-state index contributed by atoms with van der Waals surface area (Å²) >= 11 is 0. The second-order valence-electron chi connectivity index (χ2n) is 8.99. The Bertz CT molecular complexity index is 1150. The van der Waals surface area contributed by atoms with Crippen molar-refractivity contribution in [3.63, 3.8) is 0 Å². The standard InChI is InChI=1S/C26H30N4O2/c1-17(2)12-25(31)29-16-21-9-6-5-8-20(21)14-24(29)26(32)27-22-10-7-11-23(15-22)30-19(4)13-18(3)28-30/h5-11,13,15,17,24H,12,14,16H2,1-4H3,(H,27,32). The number of nitrogens with one attached hydrogen (secondary N) is 1. The van der Waals surface area contributed by atoms with Crippen LogP contribution in [0.4, 0.5) is 5.69 Å². The van der Waals surface area contributed by atoms with Gasteiger partial charge in [-0.3, -0.25) is 9.59 Å². The summed E-state index contributed by atoms with van der Waals surface area (Å²) in [5.41, 5.74) is 5.78. The van der Waals surface area contributed by atoms with Crippen LogP contribution in [0, 0.1) is 19.8 Å². The first-order valence-corrected chi connectivity index (χ1v) is 11.1. The normalized spacial score (nSPS) is 15.5. The van der Waals surface area contributed by atoms with E-state index in [4.69, 9.17) is 0 Å². The molecule has 3 aromatic rings. The van der Waals surface area contributed by atoms with E-state index < -0.39 is 6.04 Å². The Hall–Kier alpha value is -3.41. The minimum absolute atomic E-state index is 0.0195. The van der Waals surface area contributed by atoms with Crippen molar-refractivity contribution >= 4 is 17.5 Å². The molecule has 2 heterocycles. The van der Waals surface area contributed by atoms with E-state index in [9.17, 15) is 9.59 Å². The van der Waals surface area contributed by atoms with Crippen LogP contribution in [0.15, 0.2) is 54.6 Å². The lowest BCUT2D eigenvalue weighted by Crippen LogP contribution is -2.50. The van der Waals surface area contributed by atoms with Crippen LogP contribution >= 0.6 is 0 Å². The van der Waals surface area contributed by atoms with Gasteiger partial charge in [0, 0.05) is 30.8 Å². The average molecular weight is 431 g/mol. The van der Waals surface area contributed by atoms with Crippen molar-refractivity contribution in [1.29, 1.82) is 0 Å². The highest BCUT2D eigenvalue weighted by Crippen LogP contribution is 2.26. The highest BCUT2D eigenvalue weighted by atomic mass is 16.2. The van der Waals surface area contributed by atoms with Crippen LogP contribution in [0.3, 0.4) is 0 Å². The molecule has 1 aromatic heterocycles. The topological polar surface area (TPSA) is 67.2 Å². The summed E-state index contributed by atoms with van der Waals surface area (Å²) in [5.74, 6) is 0.0917. The van der Waals surface area contributed by atoms with Crippen molar-refractivity contribution in [2.24, 2.45) is 5.92 Å². The van der Waals surface area contributed by atoms with Crippen LogP contribution in [0.5, 0.6) is 0 Å². The first-order valence-electron chi connectivity index (χ1n) is 11.1. The smallest absolute Gasteiger partial charge is 0.247 e. The van der Waals surface area contributed by atoms with E-state index in [1.54, 1.807) is 4.90 Å². The van der Waals surface area contributed by atoms with Crippen molar-refractivity contribution in [3.05, 3.63) is 77.1 Å². The first-order chi connectivity index (χ1) is 15.3. The summed E-state index contributed by atoms with van der Waals surface area (Å²) in [6.45, 7) is 8.47. The highest BCUT2D eigenvalue weighted by molar-refractivity contribution is 5.98. The van der Waals surface area contributed by atoms with Gasteiger partial charge in [0.2, 0.25) is 11.8 Å². The number of carbonyl (C=O) groups is 2. The van der Waals surface area contributed by atoms with E-state index in [0.29, 0.717) is 25.1 Å². The number of hydrogen-bond acceptors (Lipinski definition) is 3. The molecule has 32 heavy (non-hydrogen) atoms. The molecule has 1 aliphatic rings. The summed E-state index contributed by atoms with van der Waals surface area (Å²) in [6.07, 6.45) is 0.947. The zero-order valence-electron chi connectivity index (χ0n) is 19.1. The lowest BCUT2D eigenvalue weighted by molar-refractivity contribution is -0.140. The van der Waals surface area contributed by atoms with Gasteiger partial charge >= 0.3 is 0 Å². The zero-order valence-corrected chi connectivity index (χ0v) is 19.1. The summed E-state index contributed by atoms with van der Waals surface area (Å²) in [5, 5.41) is 7.57. The van der Waals surface area contributed by atoms with Gasteiger partial charge < -0.3 is 10.2 Å². The molecule has 0 radical (unpaired) electrons. The van der Waals surface area contributed by atoms with E-state index >= 15 is 0 Å². The van der Waals surface area contributed by atoms with Crippen LogP contribution in [-0.2, 0) is 22.6 Å². The Labute approximate surface area is 189 Å². The quantitative estimate of drug-likeness (QED) is 0.651. The predicted molar refractivity (Wildman–Crippen MR) is 126 cm³/mol. The zero-order chi connectivity index (χ0) is 22.8. The molecule has 1 atom stereocenters. The third-order valence-corrected chi connectivity index (χ3v) is 5.82. The summed E-state index contributed by atoms with van der Waals surface area (Å²) in [4.78, 5) is 28.1. The summed E-state index contributed by atoms with van der Waals surface area (Å²) < 4.78 is 1.86. The molecule has 6 nitrogen and oxygen atoms in total. The number of benzene rings is 2. The third kappa shape index (κ3) is 4.59. The van der Waals surface area contributed by atoms with Gasteiger partial charge in [-0.2, -0.15) is 5.10 Å². The lowest BCUT2D eigenvalue weighted by Gasteiger charge is -2.36. The number of carbonyl (C=O) groups excluding carboxylic acids is 2. The molecule has 0 saturated carbocycles. The van der Waals surface area contributed by atoms with E-state index in [2.05, 4.69) is 10.4 Å². The second kappa shape index (κ2) is 8.99. The number of rotatable bonds is 5. The van der Waals surface area contributed by atoms with Gasteiger partial charge in [-0.15, -0.1) is 0 Å². The van der Waals surface area contributed by atoms with E-state index in [-0.39, 0.29) is 17.7 Å². The van der Waals surface area contributed by atoms with E-state index in [1.165, 1.54) is 0 Å². The highest BCUT2D eigenvalue weighted by Gasteiger charge is 2.34. The fraction of sp³-hybridized carbons (Fsp3) is 0.346. The molecule has 2 aromatic carbocycles. The third-order valence-electron chi connectivity index (χ3n) is 5.82. The first kappa shape index (κ1) is 21.8. The Kier molecular flexibility index (Phi) is 6.12. The predicted octanol–water partition coefficient (Wildman–Crippen LogP) is 4.43. The number of anilines is 1. The number of nitrogens with zero attached hydrogens (tertiary/aromatic N) is 3. The van der Waals surface area contributed by atoms with Gasteiger partial charge in [-0.25, -0.2) is 4.68 Å². The van der Waals surface area contributed by atoms with Gasteiger partial charge in [-0.1, -0.05) is 44.2 Å². The van der Waals surface area contributed by atoms with Crippen molar-refractivity contribution in [3.8, 4) is 5.69 Å². The van der Waals surface area contributed by atoms with E-state index in [1.807, 2.05) is 87.0 Å². The molecule has 4 rings (SSSR count). The molecule has 0 spiro atoms. The largest absolute Gasteiger partial charge is 0.326 e. The fourth-order valence-electron chi connectivity index (χ4n) is 4.32. The number of amides is 2. The molecule has 1 N–H and O–H groups in total. The van der Waals surface area contributed by atoms with Crippen molar-refractivity contribution < 1.29 is 9.59 Å². The van der Waals surface area contributed by atoms with Crippen LogP contribution < -0.4 is 5.32 Å². The Balaban J connectivity index is 1.59. The molecule has 1 unspecified atom stereocenters. The monoisotopic (exact) mass is 430 g/mol. The maximum atomic E-state index is 13.4. The molecular formula is C26H30N4O2. The minimum Gasteiger partial charge on any atom is -0.326 e. The molecule has 166 valence electrons. The molecule has 0 bridgehead atoms. The van der Waals surface area contributed by atoms with Gasteiger partial charge in [0.1, 0.15) is 6.04 Å². The molecule has 1 aliphatic heterocycles. The number of fused-ring (bicyclic) bond motifs is 1. The maximum absolute atomic E-state index is 13.4. The average Bonchev–Trinajstić information content (AvgIpc) is 3.10. The van der Waals surface area contributed by atoms with Crippen LogP contribution in [0.2, 0.25) is 0 Å². The molecular weight excluding hydrogens is 400 g/mol. The van der Waals surface area contributed by atoms with Gasteiger partial charge in [0.25, 0.3) is 0 Å². The maximum Gasteiger partial charge on any atom is 0.247 e. The molecule has 0 fully saturated rings. The number of hydrogen-bond donors (Lipinski definition) is 1. The van der Waals surface area contributed by atoms with Gasteiger partial charge in [0.15, 0.2) is 0 Å². The van der Waals surface area contributed by atoms with E-state index in [0.717, 1.165) is 28.2 Å². The summed E-state index contributed by atoms with van der Waals surface area (Å²) in [7, 11) is 0. The van der Waals surface area contributed by atoms with Crippen LogP contribution in [0.25, 0.3) is 5.69 Å². The number of aryl methyl sites for hydroxylation is 2. The minimum atomic E-state index is -0.534. The lowest BCUT2D eigenvalue weighted by atomic mass is 9.92. The van der Waals surface area contributed by atoms with Crippen molar-refractivity contribution in [1.82, 2.24) is 14.7 Å². The molecule has 6 heteroatoms. The Morgan fingerprint density at radius 2 is 1.81 bits per heavy atom. The SMILES string of the molecule is Cc1cc(C)n(-c2cccc(NC(=O)C3Cc4ccccc4CN3C(=O)CC(C)C)c2)n1. The van der Waals surface area contributed by atoms with Gasteiger partial charge in [0.05, 0.1) is 11.4 Å². The molecule has 0 aliphatic carbocycles. The number of aromatic nitrogens is 2.